The van der Waals surface area contributed by atoms with Gasteiger partial charge in [-0.2, -0.15) is 5.10 Å². The van der Waals surface area contributed by atoms with E-state index in [1.54, 1.807) is 6.20 Å². The van der Waals surface area contributed by atoms with E-state index in [2.05, 4.69) is 25.1 Å². The van der Waals surface area contributed by atoms with Crippen LogP contribution in [0.4, 0.5) is 15.9 Å². The van der Waals surface area contributed by atoms with Gasteiger partial charge in [0.2, 0.25) is 10.0 Å². The second-order valence-electron chi connectivity index (χ2n) is 5.80. The number of nitrogens with zero attached hydrogens (tertiary/aromatic N) is 3. The molecule has 1 aliphatic heterocycles. The molecule has 0 atom stereocenters. The number of hydrogen-bond donors (Lipinski definition) is 2. The molecular formula is C16H19ClFN5O3S. The zero-order chi connectivity index (χ0) is 19.3. The third kappa shape index (κ3) is 5.25. The smallest absolute Gasteiger partial charge is 0.240 e. The van der Waals surface area contributed by atoms with Crippen LogP contribution in [0.5, 0.6) is 0 Å². The van der Waals surface area contributed by atoms with Crippen LogP contribution >= 0.6 is 11.6 Å². The van der Waals surface area contributed by atoms with Crippen molar-refractivity contribution in [2.75, 3.05) is 49.6 Å². The highest BCUT2D eigenvalue weighted by Gasteiger charge is 2.15. The normalized spacial score (nSPS) is 15.0. The minimum atomic E-state index is -3.78. The van der Waals surface area contributed by atoms with Crippen LogP contribution in [0.1, 0.15) is 0 Å². The summed E-state index contributed by atoms with van der Waals surface area (Å²) in [5.74, 6) is -0.126. The summed E-state index contributed by atoms with van der Waals surface area (Å²) >= 11 is 5.63. The number of ether oxygens (including phenoxy) is 1. The van der Waals surface area contributed by atoms with E-state index in [4.69, 9.17) is 16.3 Å². The van der Waals surface area contributed by atoms with Crippen LogP contribution in [0.25, 0.3) is 0 Å². The Labute approximate surface area is 161 Å². The van der Waals surface area contributed by atoms with E-state index in [1.807, 2.05) is 6.07 Å². The van der Waals surface area contributed by atoms with Crippen LogP contribution in [0, 0.1) is 5.82 Å². The largest absolute Gasteiger partial charge is 0.378 e. The molecule has 0 spiro atoms. The molecule has 1 aliphatic rings. The lowest BCUT2D eigenvalue weighted by atomic mass is 10.3. The molecule has 2 aromatic rings. The van der Waals surface area contributed by atoms with E-state index in [-0.39, 0.29) is 16.5 Å². The lowest BCUT2D eigenvalue weighted by Crippen LogP contribution is -2.36. The Morgan fingerprint density at radius 2 is 2.00 bits per heavy atom. The van der Waals surface area contributed by atoms with Crippen LogP contribution in [0.15, 0.2) is 35.4 Å². The van der Waals surface area contributed by atoms with Crippen molar-refractivity contribution in [1.82, 2.24) is 14.9 Å². The molecule has 2 N–H and O–H groups in total. The molecule has 11 heteroatoms. The predicted octanol–water partition coefficient (Wildman–Crippen LogP) is 1.50. The highest BCUT2D eigenvalue weighted by Crippen LogP contribution is 2.19. The number of rotatable bonds is 7. The number of morpholine rings is 1. The molecule has 27 heavy (non-hydrogen) atoms. The molecule has 146 valence electrons. The average Bonchev–Trinajstić information content (AvgIpc) is 2.68. The zero-order valence-electron chi connectivity index (χ0n) is 14.4. The summed E-state index contributed by atoms with van der Waals surface area (Å²) in [5.41, 5.74) is 0.928. The Bertz CT molecular complexity index is 893. The van der Waals surface area contributed by atoms with Crippen molar-refractivity contribution in [3.05, 3.63) is 41.3 Å². The number of aromatic nitrogens is 2. The van der Waals surface area contributed by atoms with E-state index < -0.39 is 15.8 Å². The van der Waals surface area contributed by atoms with Gasteiger partial charge in [-0.25, -0.2) is 17.5 Å². The number of sulfonamides is 1. The predicted molar refractivity (Wildman–Crippen MR) is 100 cm³/mol. The Hall–Kier alpha value is -2.01. The Morgan fingerprint density at radius 3 is 2.74 bits per heavy atom. The van der Waals surface area contributed by atoms with E-state index >= 15 is 0 Å². The topological polar surface area (TPSA) is 96.5 Å². The van der Waals surface area contributed by atoms with E-state index in [9.17, 15) is 12.8 Å². The van der Waals surface area contributed by atoms with Crippen LogP contribution < -0.4 is 14.9 Å². The van der Waals surface area contributed by atoms with Gasteiger partial charge in [0, 0.05) is 32.2 Å². The van der Waals surface area contributed by atoms with Crippen LogP contribution in [0.2, 0.25) is 5.02 Å². The molecule has 0 aliphatic carbocycles. The molecule has 1 fully saturated rings. The van der Waals surface area contributed by atoms with E-state index in [0.717, 1.165) is 37.0 Å². The van der Waals surface area contributed by atoms with E-state index in [1.165, 1.54) is 0 Å². The first-order chi connectivity index (χ1) is 13.0. The van der Waals surface area contributed by atoms with Crippen LogP contribution in [-0.4, -0.2) is 58.0 Å². The summed E-state index contributed by atoms with van der Waals surface area (Å²) in [4.78, 5) is 2.05. The quantitative estimate of drug-likeness (QED) is 0.661. The maximum absolute atomic E-state index is 13.2. The first-order valence-corrected chi connectivity index (χ1v) is 10.2. The third-order valence-electron chi connectivity index (χ3n) is 3.94. The highest BCUT2D eigenvalue weighted by molar-refractivity contribution is 7.89. The maximum Gasteiger partial charge on any atom is 0.240 e. The lowest BCUT2D eigenvalue weighted by molar-refractivity contribution is 0.122. The fraction of sp³-hybridized carbons (Fsp3) is 0.375. The molecule has 0 amide bonds. The molecule has 3 rings (SSSR count). The number of halogens is 2. The Kier molecular flexibility index (Phi) is 6.42. The van der Waals surface area contributed by atoms with Gasteiger partial charge in [-0.15, -0.1) is 5.10 Å². The summed E-state index contributed by atoms with van der Waals surface area (Å²) in [6.07, 6.45) is 1.68. The van der Waals surface area contributed by atoms with Gasteiger partial charge in [0.15, 0.2) is 5.82 Å². The van der Waals surface area contributed by atoms with Gasteiger partial charge in [-0.1, -0.05) is 11.6 Å². The van der Waals surface area contributed by atoms with Crippen molar-refractivity contribution in [2.45, 2.75) is 4.90 Å². The average molecular weight is 416 g/mol. The third-order valence-corrected chi connectivity index (χ3v) is 5.69. The standard InChI is InChI=1S/C16H19ClFN5O3S/c17-14-10-13(1-2-15(14)18)27(24,25)21-4-3-19-16-9-12(11-20-22-16)23-5-7-26-8-6-23/h1-2,9-11,21H,3-8H2,(H,19,22). The molecule has 0 saturated carbocycles. The molecule has 1 saturated heterocycles. The second-order valence-corrected chi connectivity index (χ2v) is 7.97. The van der Waals surface area contributed by atoms with Crippen molar-refractivity contribution in [1.29, 1.82) is 0 Å². The molecule has 0 bridgehead atoms. The first kappa shape index (κ1) is 19.7. The Morgan fingerprint density at radius 1 is 1.22 bits per heavy atom. The zero-order valence-corrected chi connectivity index (χ0v) is 15.9. The van der Waals surface area contributed by atoms with Crippen molar-refractivity contribution in [3.8, 4) is 0 Å². The molecule has 8 nitrogen and oxygen atoms in total. The van der Waals surface area contributed by atoms with E-state index in [0.29, 0.717) is 25.6 Å². The van der Waals surface area contributed by atoms with Gasteiger partial charge < -0.3 is 15.0 Å². The molecule has 0 radical (unpaired) electrons. The Balaban J connectivity index is 1.53. The summed E-state index contributed by atoms with van der Waals surface area (Å²) < 4.78 is 45.3. The number of hydrogen-bond acceptors (Lipinski definition) is 7. The second kappa shape index (κ2) is 8.79. The summed E-state index contributed by atoms with van der Waals surface area (Å²) in [7, 11) is -3.78. The van der Waals surface area contributed by atoms with Crippen molar-refractivity contribution >= 4 is 33.1 Å². The molecule has 1 aromatic carbocycles. The van der Waals surface area contributed by atoms with Crippen LogP contribution in [0.3, 0.4) is 0 Å². The van der Waals surface area contributed by atoms with Gasteiger partial charge in [0.1, 0.15) is 5.82 Å². The maximum atomic E-state index is 13.2. The van der Waals surface area contributed by atoms with Crippen molar-refractivity contribution in [3.63, 3.8) is 0 Å². The van der Waals surface area contributed by atoms with Gasteiger partial charge in [-0.3, -0.25) is 0 Å². The van der Waals surface area contributed by atoms with Crippen molar-refractivity contribution in [2.24, 2.45) is 0 Å². The summed E-state index contributed by atoms with van der Waals surface area (Å²) in [6, 6.07) is 5.10. The van der Waals surface area contributed by atoms with Crippen LogP contribution in [-0.2, 0) is 14.8 Å². The molecule has 0 unspecified atom stereocenters. The number of benzene rings is 1. The molecule has 2 heterocycles. The summed E-state index contributed by atoms with van der Waals surface area (Å²) in [6.45, 7) is 3.31. The minimum Gasteiger partial charge on any atom is -0.378 e. The van der Waals surface area contributed by atoms with Gasteiger partial charge in [0.25, 0.3) is 0 Å². The number of anilines is 2. The van der Waals surface area contributed by atoms with Gasteiger partial charge in [0.05, 0.1) is 35.0 Å². The number of nitrogens with one attached hydrogen (secondary N) is 2. The minimum absolute atomic E-state index is 0.0944. The molecular weight excluding hydrogens is 397 g/mol. The SMILES string of the molecule is O=S(=O)(NCCNc1cc(N2CCOCC2)cnn1)c1ccc(F)c(Cl)c1. The highest BCUT2D eigenvalue weighted by atomic mass is 35.5. The molecule has 1 aromatic heterocycles. The fourth-order valence-electron chi connectivity index (χ4n) is 2.54. The van der Waals surface area contributed by atoms with Gasteiger partial charge >= 0.3 is 0 Å². The van der Waals surface area contributed by atoms with Gasteiger partial charge in [-0.05, 0) is 18.2 Å². The monoisotopic (exact) mass is 415 g/mol. The fourth-order valence-corrected chi connectivity index (χ4v) is 3.84. The lowest BCUT2D eigenvalue weighted by Gasteiger charge is -2.28. The summed E-state index contributed by atoms with van der Waals surface area (Å²) in [5, 5.41) is 10.7. The first-order valence-electron chi connectivity index (χ1n) is 8.30. The van der Waals surface area contributed by atoms with Crippen molar-refractivity contribution < 1.29 is 17.5 Å².